The van der Waals surface area contributed by atoms with E-state index in [1.165, 1.54) is 0 Å². The lowest BCUT2D eigenvalue weighted by molar-refractivity contribution is 0.0697. The first-order chi connectivity index (χ1) is 17.8. The molecule has 190 valence electrons. The Bertz CT molecular complexity index is 1530. The lowest BCUT2D eigenvalue weighted by Gasteiger charge is -2.33. The second-order valence-electron chi connectivity index (χ2n) is 8.57. The van der Waals surface area contributed by atoms with Gasteiger partial charge >= 0.3 is 5.97 Å². The number of nitrogens with zero attached hydrogens (tertiary/aromatic N) is 4. The molecule has 1 atom stereocenters. The third-order valence-corrected chi connectivity index (χ3v) is 7.94. The van der Waals surface area contributed by atoms with Crippen LogP contribution in [0.25, 0.3) is 11.0 Å². The second-order valence-corrected chi connectivity index (χ2v) is 10.2. The number of H-pyrrole nitrogens is 1. The van der Waals surface area contributed by atoms with Gasteiger partial charge in [0.25, 0.3) is 5.56 Å². The highest BCUT2D eigenvalue weighted by atomic mass is 79.9. The zero-order valence-electron chi connectivity index (χ0n) is 19.7. The van der Waals surface area contributed by atoms with Crippen LogP contribution in [0, 0.1) is 11.3 Å². The van der Waals surface area contributed by atoms with Crippen molar-refractivity contribution in [3.8, 4) is 6.07 Å². The molecule has 0 bridgehead atoms. The molecule has 2 aromatic carbocycles. The van der Waals surface area contributed by atoms with Crippen LogP contribution in [0.15, 0.2) is 68.5 Å². The maximum atomic E-state index is 13.4. The van der Waals surface area contributed by atoms with Crippen molar-refractivity contribution in [2.45, 2.75) is 25.4 Å². The van der Waals surface area contributed by atoms with Crippen LogP contribution in [-0.4, -0.2) is 44.7 Å². The number of carboxylic acids is 1. The number of benzene rings is 2. The van der Waals surface area contributed by atoms with Crippen LogP contribution < -0.4 is 16.2 Å². The van der Waals surface area contributed by atoms with Gasteiger partial charge in [0.1, 0.15) is 5.65 Å². The first-order valence-corrected chi connectivity index (χ1v) is 13.1. The van der Waals surface area contributed by atoms with Crippen LogP contribution in [-0.2, 0) is 6.54 Å². The first kappa shape index (κ1) is 26.6. The van der Waals surface area contributed by atoms with Gasteiger partial charge in [0.05, 0.1) is 38.2 Å². The summed E-state index contributed by atoms with van der Waals surface area (Å²) in [5, 5.41) is 18.3. The zero-order chi connectivity index (χ0) is 26.5. The number of nitriles is 1. The fourth-order valence-corrected chi connectivity index (χ4v) is 5.04. The number of hydrogen-bond donors (Lipinski definition) is 3. The third-order valence-electron chi connectivity index (χ3n) is 6.02. The molecular formula is C26H24Br2N6O3. The molecule has 3 heterocycles. The van der Waals surface area contributed by atoms with Crippen molar-refractivity contribution in [1.82, 2.24) is 14.5 Å². The molecule has 4 N–H and O–H groups in total. The van der Waals surface area contributed by atoms with Crippen molar-refractivity contribution in [2.24, 2.45) is 5.73 Å². The van der Waals surface area contributed by atoms with Crippen molar-refractivity contribution < 1.29 is 9.90 Å². The number of aromatic nitrogens is 3. The molecule has 9 nitrogen and oxygen atoms in total. The predicted molar refractivity (Wildman–Crippen MR) is 149 cm³/mol. The standard InChI is InChI=1S/C19H18Br2N6O.C7H6O2/c20-15-14-17(24-16(15)21)25-19(26-7-3-6-13(23)10-26)27(18(14)28)9-12-5-2-1-4-11(12)8-22;8-7(9)6-4-2-1-3-5-6/h1-2,4-5,13,24H,3,6-7,9-10,23H2;1-5H,(H,8,9)/t13-;/m1./s1. The number of nitrogens with one attached hydrogen (secondary N) is 1. The minimum absolute atomic E-state index is 0.0447. The number of halogens is 2. The number of nitrogens with two attached hydrogens (primary N) is 1. The largest absolute Gasteiger partial charge is 0.478 e. The van der Waals surface area contributed by atoms with Crippen molar-refractivity contribution in [3.63, 3.8) is 0 Å². The Morgan fingerprint density at radius 3 is 2.54 bits per heavy atom. The van der Waals surface area contributed by atoms with Gasteiger partial charge in [0, 0.05) is 19.1 Å². The molecule has 5 rings (SSSR count). The van der Waals surface area contributed by atoms with Crippen LogP contribution >= 0.6 is 31.9 Å². The maximum absolute atomic E-state index is 13.4. The Balaban J connectivity index is 0.000000301. The molecule has 0 amide bonds. The van der Waals surface area contributed by atoms with Gasteiger partial charge in [-0.25, -0.2) is 4.79 Å². The van der Waals surface area contributed by atoms with Gasteiger partial charge in [0.15, 0.2) is 0 Å². The highest BCUT2D eigenvalue weighted by Crippen LogP contribution is 2.30. The molecule has 4 aromatic rings. The molecule has 2 aromatic heterocycles. The summed E-state index contributed by atoms with van der Waals surface area (Å²) in [6, 6.07) is 17.8. The lowest BCUT2D eigenvalue weighted by Crippen LogP contribution is -2.45. The van der Waals surface area contributed by atoms with E-state index in [0.717, 1.165) is 24.9 Å². The highest BCUT2D eigenvalue weighted by molar-refractivity contribution is 9.13. The summed E-state index contributed by atoms with van der Waals surface area (Å²) in [6.45, 7) is 1.69. The summed E-state index contributed by atoms with van der Waals surface area (Å²) in [6.07, 6.45) is 1.90. The van der Waals surface area contributed by atoms with Crippen LogP contribution in [0.2, 0.25) is 0 Å². The highest BCUT2D eigenvalue weighted by Gasteiger charge is 2.25. The molecule has 37 heavy (non-hydrogen) atoms. The van der Waals surface area contributed by atoms with E-state index in [2.05, 4.69) is 47.8 Å². The number of fused-ring (bicyclic) bond motifs is 1. The van der Waals surface area contributed by atoms with Gasteiger partial charge in [-0.1, -0.05) is 36.4 Å². The van der Waals surface area contributed by atoms with E-state index >= 15 is 0 Å². The lowest BCUT2D eigenvalue weighted by atomic mass is 10.1. The monoisotopic (exact) mass is 626 g/mol. The fourth-order valence-electron chi connectivity index (χ4n) is 4.19. The van der Waals surface area contributed by atoms with Gasteiger partial charge in [0.2, 0.25) is 5.95 Å². The number of aromatic carboxylic acids is 1. The van der Waals surface area contributed by atoms with Crippen molar-refractivity contribution in [2.75, 3.05) is 18.0 Å². The molecular weight excluding hydrogens is 604 g/mol. The van der Waals surface area contributed by atoms with Crippen LogP contribution in [0.5, 0.6) is 0 Å². The topological polar surface area (TPSA) is 141 Å². The van der Waals surface area contributed by atoms with E-state index in [1.54, 1.807) is 41.0 Å². The second kappa shape index (κ2) is 11.7. The van der Waals surface area contributed by atoms with E-state index in [4.69, 9.17) is 15.8 Å². The number of anilines is 1. The zero-order valence-corrected chi connectivity index (χ0v) is 22.9. The predicted octanol–water partition coefficient (Wildman–Crippen LogP) is 4.48. The molecule has 0 radical (unpaired) electrons. The summed E-state index contributed by atoms with van der Waals surface area (Å²) in [7, 11) is 0. The normalized spacial score (nSPS) is 15.1. The summed E-state index contributed by atoms with van der Waals surface area (Å²) < 4.78 is 2.95. The molecule has 0 unspecified atom stereocenters. The Hall–Kier alpha value is -3.46. The van der Waals surface area contributed by atoms with Crippen LogP contribution in [0.1, 0.15) is 34.3 Å². The van der Waals surface area contributed by atoms with Gasteiger partial charge < -0.3 is 20.7 Å². The number of hydrogen-bond acceptors (Lipinski definition) is 6. The van der Waals surface area contributed by atoms with Crippen LogP contribution in [0.4, 0.5) is 5.95 Å². The molecule has 1 saturated heterocycles. The van der Waals surface area contributed by atoms with Crippen molar-refractivity contribution in [1.29, 1.82) is 5.26 Å². The summed E-state index contributed by atoms with van der Waals surface area (Å²) in [5.41, 5.74) is 8.17. The maximum Gasteiger partial charge on any atom is 0.335 e. The van der Waals surface area contributed by atoms with Gasteiger partial charge in [-0.05, 0) is 68.5 Å². The minimum atomic E-state index is -0.879. The van der Waals surface area contributed by atoms with Gasteiger partial charge in [-0.15, -0.1) is 0 Å². The molecule has 0 spiro atoms. The SMILES string of the molecule is N#Cc1ccccc1Cn1c(N2CCC[C@@H](N)C2)nc2[nH]c(Br)c(Br)c2c1=O.O=C(O)c1ccccc1. The van der Waals surface area contributed by atoms with Gasteiger partial charge in [-0.2, -0.15) is 10.2 Å². The van der Waals surface area contributed by atoms with E-state index in [-0.39, 0.29) is 18.1 Å². The molecule has 0 aliphatic carbocycles. The average molecular weight is 628 g/mol. The number of rotatable bonds is 4. The quantitative estimate of drug-likeness (QED) is 0.303. The number of aromatic amines is 1. The Kier molecular flexibility index (Phi) is 8.43. The van der Waals surface area contributed by atoms with E-state index in [0.29, 0.717) is 43.7 Å². The van der Waals surface area contributed by atoms with E-state index < -0.39 is 5.97 Å². The molecule has 1 fully saturated rings. The fraction of sp³-hybridized carbons (Fsp3) is 0.231. The summed E-state index contributed by atoms with van der Waals surface area (Å²) in [4.78, 5) is 33.6. The first-order valence-electron chi connectivity index (χ1n) is 11.5. The Morgan fingerprint density at radius 1 is 1.19 bits per heavy atom. The van der Waals surface area contributed by atoms with Gasteiger partial charge in [-0.3, -0.25) is 9.36 Å². The Labute approximate surface area is 229 Å². The molecule has 0 saturated carbocycles. The summed E-state index contributed by atoms with van der Waals surface area (Å²) >= 11 is 6.88. The average Bonchev–Trinajstić information content (AvgIpc) is 3.19. The van der Waals surface area contributed by atoms with E-state index in [9.17, 15) is 14.9 Å². The van der Waals surface area contributed by atoms with Crippen molar-refractivity contribution in [3.05, 3.63) is 90.7 Å². The van der Waals surface area contributed by atoms with E-state index in [1.807, 2.05) is 18.2 Å². The number of carboxylic acid groups (broad SMARTS) is 1. The minimum Gasteiger partial charge on any atom is -0.478 e. The number of carbonyl (C=O) groups is 1. The molecule has 1 aliphatic heterocycles. The molecule has 1 aliphatic rings. The van der Waals surface area contributed by atoms with Crippen LogP contribution in [0.3, 0.4) is 0 Å². The molecule has 11 heteroatoms. The summed E-state index contributed by atoms with van der Waals surface area (Å²) in [5.74, 6) is -0.308. The third kappa shape index (κ3) is 5.93. The van der Waals surface area contributed by atoms with Crippen molar-refractivity contribution >= 4 is 54.8 Å². The Morgan fingerprint density at radius 2 is 1.89 bits per heavy atom. The number of piperidine rings is 1. The smallest absolute Gasteiger partial charge is 0.335 e.